The summed E-state index contributed by atoms with van der Waals surface area (Å²) in [6.45, 7) is 13.2. The molecule has 0 saturated carbocycles. The Morgan fingerprint density at radius 1 is 0.958 bits per heavy atom. The molecule has 5 nitrogen and oxygen atoms in total. The van der Waals surface area contributed by atoms with E-state index in [1.807, 2.05) is 13.8 Å². The van der Waals surface area contributed by atoms with Crippen molar-refractivity contribution >= 4 is 5.97 Å². The zero-order valence-electron chi connectivity index (χ0n) is 16.1. The van der Waals surface area contributed by atoms with Crippen LogP contribution in [0.3, 0.4) is 0 Å². The second-order valence-corrected chi connectivity index (χ2v) is 8.34. The minimum Gasteiger partial charge on any atom is -0.457 e. The minimum absolute atomic E-state index is 0.0936. The second-order valence-electron chi connectivity index (χ2n) is 8.34. The molecule has 5 heteroatoms. The molecule has 2 aliphatic heterocycles. The lowest BCUT2D eigenvalue weighted by Gasteiger charge is -2.30. The van der Waals surface area contributed by atoms with E-state index in [1.54, 1.807) is 0 Å². The van der Waals surface area contributed by atoms with Gasteiger partial charge in [0.05, 0.1) is 24.2 Å². The maximum atomic E-state index is 12.4. The molecule has 2 heterocycles. The van der Waals surface area contributed by atoms with Crippen molar-refractivity contribution in [2.24, 2.45) is 5.41 Å². The van der Waals surface area contributed by atoms with E-state index in [9.17, 15) is 4.79 Å². The van der Waals surface area contributed by atoms with E-state index in [0.29, 0.717) is 13.2 Å². The van der Waals surface area contributed by atoms with Crippen LogP contribution in [0.1, 0.15) is 67.2 Å². The fourth-order valence-corrected chi connectivity index (χ4v) is 3.73. The highest BCUT2D eigenvalue weighted by Gasteiger charge is 2.51. The molecule has 140 valence electrons. The van der Waals surface area contributed by atoms with Gasteiger partial charge < -0.3 is 18.9 Å². The first-order valence-corrected chi connectivity index (χ1v) is 9.32. The normalized spacial score (nSPS) is 30.4. The Balaban J connectivity index is 1.92. The van der Waals surface area contributed by atoms with Gasteiger partial charge >= 0.3 is 5.97 Å². The number of hydrogen-bond donors (Lipinski definition) is 0. The molecule has 0 aromatic carbocycles. The summed E-state index contributed by atoms with van der Waals surface area (Å²) in [5.41, 5.74) is -0.663. The zero-order chi connectivity index (χ0) is 18.0. The van der Waals surface area contributed by atoms with Gasteiger partial charge in [-0.2, -0.15) is 0 Å². The van der Waals surface area contributed by atoms with Gasteiger partial charge in [0.25, 0.3) is 0 Å². The first-order chi connectivity index (χ1) is 11.2. The topological polar surface area (TPSA) is 54.0 Å². The molecule has 0 N–H and O–H groups in total. The van der Waals surface area contributed by atoms with E-state index in [0.717, 1.165) is 25.7 Å². The van der Waals surface area contributed by atoms with Crippen LogP contribution in [-0.4, -0.2) is 49.2 Å². The molecule has 0 amide bonds. The Bertz CT molecular complexity index is 431. The van der Waals surface area contributed by atoms with Crippen LogP contribution in [-0.2, 0) is 23.7 Å². The minimum atomic E-state index is -0.468. The number of hydrogen-bond acceptors (Lipinski definition) is 5. The quantitative estimate of drug-likeness (QED) is 0.632. The van der Waals surface area contributed by atoms with Crippen molar-refractivity contribution < 1.29 is 23.7 Å². The van der Waals surface area contributed by atoms with Crippen molar-refractivity contribution in [1.82, 2.24) is 0 Å². The van der Waals surface area contributed by atoms with Crippen molar-refractivity contribution in [2.75, 3.05) is 13.2 Å². The smallest absolute Gasteiger partial charge is 0.311 e. The summed E-state index contributed by atoms with van der Waals surface area (Å²) in [5.74, 6) is -0.169. The number of carbonyl (C=O) groups excluding carboxylic acids is 1. The standard InChI is InChI=1S/C19H34O5/c1-7-9-18(3,4)17(20)23-13-11-21-16-14(12-22-15(13)16)24-19(5,6)10-8-2/h13-16H,7-12H2,1-6H3. The Morgan fingerprint density at radius 2 is 1.50 bits per heavy atom. The van der Waals surface area contributed by atoms with Gasteiger partial charge in [-0.05, 0) is 40.5 Å². The molecule has 4 unspecified atom stereocenters. The Kier molecular flexibility index (Phi) is 6.32. The van der Waals surface area contributed by atoms with Gasteiger partial charge in [0.15, 0.2) is 6.10 Å². The van der Waals surface area contributed by atoms with Gasteiger partial charge in [-0.1, -0.05) is 26.7 Å². The highest BCUT2D eigenvalue weighted by molar-refractivity contribution is 5.76. The third-order valence-corrected chi connectivity index (χ3v) is 4.97. The fourth-order valence-electron chi connectivity index (χ4n) is 3.73. The van der Waals surface area contributed by atoms with Crippen LogP contribution < -0.4 is 0 Å². The summed E-state index contributed by atoms with van der Waals surface area (Å²) < 4.78 is 23.7. The predicted octanol–water partition coefficient (Wildman–Crippen LogP) is 3.49. The summed E-state index contributed by atoms with van der Waals surface area (Å²) >= 11 is 0. The van der Waals surface area contributed by atoms with E-state index >= 15 is 0 Å². The fraction of sp³-hybridized carbons (Fsp3) is 0.947. The summed E-state index contributed by atoms with van der Waals surface area (Å²) in [5, 5.41) is 0. The van der Waals surface area contributed by atoms with E-state index < -0.39 is 5.41 Å². The van der Waals surface area contributed by atoms with Crippen LogP contribution in [0.15, 0.2) is 0 Å². The summed E-state index contributed by atoms with van der Waals surface area (Å²) in [6, 6.07) is 0. The summed E-state index contributed by atoms with van der Waals surface area (Å²) in [6.07, 6.45) is 3.04. The number of fused-ring (bicyclic) bond motifs is 1. The Labute approximate surface area is 146 Å². The molecule has 2 fully saturated rings. The third kappa shape index (κ3) is 4.50. The maximum Gasteiger partial charge on any atom is 0.311 e. The van der Waals surface area contributed by atoms with Crippen LogP contribution in [0, 0.1) is 5.41 Å². The lowest BCUT2D eigenvalue weighted by molar-refractivity contribution is -0.165. The molecule has 2 aliphatic rings. The zero-order valence-corrected chi connectivity index (χ0v) is 16.1. The second kappa shape index (κ2) is 7.71. The average Bonchev–Trinajstić information content (AvgIpc) is 3.02. The maximum absolute atomic E-state index is 12.4. The van der Waals surface area contributed by atoms with E-state index in [-0.39, 0.29) is 36.0 Å². The van der Waals surface area contributed by atoms with E-state index in [1.165, 1.54) is 0 Å². The predicted molar refractivity (Wildman–Crippen MR) is 91.9 cm³/mol. The van der Waals surface area contributed by atoms with E-state index in [2.05, 4.69) is 27.7 Å². The van der Waals surface area contributed by atoms with Crippen molar-refractivity contribution in [2.45, 2.75) is 97.2 Å². The first-order valence-electron chi connectivity index (χ1n) is 9.32. The number of ether oxygens (including phenoxy) is 4. The molecular weight excluding hydrogens is 308 g/mol. The van der Waals surface area contributed by atoms with Crippen LogP contribution in [0.25, 0.3) is 0 Å². The molecule has 0 spiro atoms. The van der Waals surface area contributed by atoms with Crippen molar-refractivity contribution in [3.8, 4) is 0 Å². The van der Waals surface area contributed by atoms with Crippen LogP contribution in [0.2, 0.25) is 0 Å². The van der Waals surface area contributed by atoms with Crippen molar-refractivity contribution in [3.63, 3.8) is 0 Å². The molecule has 2 rings (SSSR count). The third-order valence-electron chi connectivity index (χ3n) is 4.97. The first kappa shape index (κ1) is 19.7. The van der Waals surface area contributed by atoms with Crippen LogP contribution in [0.4, 0.5) is 0 Å². The largest absolute Gasteiger partial charge is 0.457 e. The van der Waals surface area contributed by atoms with Crippen LogP contribution >= 0.6 is 0 Å². The Hall–Kier alpha value is -0.650. The lowest BCUT2D eigenvalue weighted by Crippen LogP contribution is -2.40. The van der Waals surface area contributed by atoms with Crippen molar-refractivity contribution in [3.05, 3.63) is 0 Å². The molecule has 24 heavy (non-hydrogen) atoms. The van der Waals surface area contributed by atoms with Gasteiger partial charge in [0.2, 0.25) is 0 Å². The van der Waals surface area contributed by atoms with Gasteiger partial charge in [-0.25, -0.2) is 0 Å². The SMILES string of the molecule is CCCC(C)(C)OC1COC2C(OC(=O)C(C)(C)CCC)COC12. The van der Waals surface area contributed by atoms with Gasteiger partial charge in [-0.15, -0.1) is 0 Å². The monoisotopic (exact) mass is 342 g/mol. The average molecular weight is 342 g/mol. The molecular formula is C19H34O5. The van der Waals surface area contributed by atoms with Crippen molar-refractivity contribution in [1.29, 1.82) is 0 Å². The molecule has 4 atom stereocenters. The highest BCUT2D eigenvalue weighted by atomic mass is 16.7. The molecule has 0 radical (unpaired) electrons. The molecule has 0 bridgehead atoms. The molecule has 0 aromatic rings. The molecule has 2 saturated heterocycles. The number of rotatable bonds is 8. The number of carbonyl (C=O) groups is 1. The van der Waals surface area contributed by atoms with Gasteiger partial charge in [-0.3, -0.25) is 4.79 Å². The van der Waals surface area contributed by atoms with Gasteiger partial charge in [0.1, 0.15) is 18.3 Å². The Morgan fingerprint density at radius 3 is 2.08 bits per heavy atom. The number of esters is 1. The molecule has 0 aromatic heterocycles. The summed E-state index contributed by atoms with van der Waals surface area (Å²) in [4.78, 5) is 12.4. The van der Waals surface area contributed by atoms with Gasteiger partial charge in [0, 0.05) is 0 Å². The lowest BCUT2D eigenvalue weighted by atomic mass is 9.88. The summed E-state index contributed by atoms with van der Waals surface area (Å²) in [7, 11) is 0. The van der Waals surface area contributed by atoms with E-state index in [4.69, 9.17) is 18.9 Å². The highest BCUT2D eigenvalue weighted by Crippen LogP contribution is 2.35. The molecule has 0 aliphatic carbocycles. The van der Waals surface area contributed by atoms with Crippen LogP contribution in [0.5, 0.6) is 0 Å².